The fourth-order valence-corrected chi connectivity index (χ4v) is 2.63. The molecule has 2 aromatic carbocycles. The second kappa shape index (κ2) is 6.22. The predicted octanol–water partition coefficient (Wildman–Crippen LogP) is 4.14. The number of benzene rings is 2. The zero-order valence-electron chi connectivity index (χ0n) is 11.2. The van der Waals surface area contributed by atoms with E-state index in [4.69, 9.17) is 0 Å². The predicted molar refractivity (Wildman–Crippen MR) is 83.3 cm³/mol. The molecule has 2 aromatic rings. The maximum atomic E-state index is 9.83. The van der Waals surface area contributed by atoms with E-state index in [9.17, 15) is 5.11 Å². The van der Waals surface area contributed by atoms with Crippen molar-refractivity contribution in [2.45, 2.75) is 19.6 Å². The Morgan fingerprint density at radius 1 is 1.16 bits per heavy atom. The van der Waals surface area contributed by atoms with Crippen molar-refractivity contribution in [3.8, 4) is 0 Å². The van der Waals surface area contributed by atoms with Crippen molar-refractivity contribution in [3.05, 3.63) is 64.1 Å². The summed E-state index contributed by atoms with van der Waals surface area (Å²) < 4.78 is 1.09. The molecule has 0 saturated heterocycles. The molecule has 100 valence electrons. The third kappa shape index (κ3) is 3.58. The van der Waals surface area contributed by atoms with Gasteiger partial charge in [-0.3, -0.25) is 0 Å². The zero-order valence-corrected chi connectivity index (χ0v) is 12.8. The van der Waals surface area contributed by atoms with Crippen LogP contribution in [-0.4, -0.2) is 12.2 Å². The van der Waals surface area contributed by atoms with Crippen molar-refractivity contribution >= 4 is 21.6 Å². The molecule has 0 saturated carbocycles. The van der Waals surface area contributed by atoms with Gasteiger partial charge in [0.2, 0.25) is 0 Å². The Balaban J connectivity index is 2.23. The van der Waals surface area contributed by atoms with Gasteiger partial charge in [-0.1, -0.05) is 46.3 Å². The highest BCUT2D eigenvalue weighted by Gasteiger charge is 2.11. The Bertz CT molecular complexity index is 554. The first-order valence-corrected chi connectivity index (χ1v) is 7.10. The summed E-state index contributed by atoms with van der Waals surface area (Å²) in [6.07, 6.45) is -0.457. The van der Waals surface area contributed by atoms with E-state index in [0.29, 0.717) is 0 Å². The molecule has 0 aliphatic carbocycles. The minimum atomic E-state index is -0.457. The highest BCUT2D eigenvalue weighted by molar-refractivity contribution is 9.10. The van der Waals surface area contributed by atoms with Crippen LogP contribution in [0, 0.1) is 0 Å². The van der Waals surface area contributed by atoms with Crippen LogP contribution in [0.4, 0.5) is 5.69 Å². The van der Waals surface area contributed by atoms with Gasteiger partial charge in [-0.25, -0.2) is 0 Å². The molecule has 0 bridgehead atoms. The van der Waals surface area contributed by atoms with Crippen molar-refractivity contribution in [2.75, 3.05) is 11.9 Å². The van der Waals surface area contributed by atoms with E-state index in [2.05, 4.69) is 33.0 Å². The number of rotatable bonds is 4. The summed E-state index contributed by atoms with van der Waals surface area (Å²) in [6.45, 7) is 2.61. The summed E-state index contributed by atoms with van der Waals surface area (Å²) in [4.78, 5) is 2.16. The van der Waals surface area contributed by atoms with Gasteiger partial charge in [-0.05, 0) is 30.7 Å². The van der Waals surface area contributed by atoms with Crippen LogP contribution in [-0.2, 0) is 6.54 Å². The van der Waals surface area contributed by atoms with E-state index in [1.165, 1.54) is 5.56 Å². The lowest BCUT2D eigenvalue weighted by Gasteiger charge is -2.23. The summed E-state index contributed by atoms with van der Waals surface area (Å²) in [5.41, 5.74) is 3.26. The average Bonchev–Trinajstić information content (AvgIpc) is 2.38. The van der Waals surface area contributed by atoms with Gasteiger partial charge in [-0.2, -0.15) is 0 Å². The number of halogens is 1. The topological polar surface area (TPSA) is 23.5 Å². The molecule has 2 rings (SSSR count). The molecule has 0 radical (unpaired) electrons. The van der Waals surface area contributed by atoms with E-state index in [-0.39, 0.29) is 0 Å². The molecular formula is C16H18BrNO. The summed E-state index contributed by atoms with van der Waals surface area (Å²) in [7, 11) is 2.04. The van der Waals surface area contributed by atoms with Crippen LogP contribution in [0.15, 0.2) is 53.0 Å². The Morgan fingerprint density at radius 3 is 2.58 bits per heavy atom. The van der Waals surface area contributed by atoms with E-state index in [0.717, 1.165) is 22.3 Å². The maximum absolute atomic E-state index is 9.83. The third-order valence-corrected chi connectivity index (χ3v) is 3.60. The number of hydrogen-bond acceptors (Lipinski definition) is 2. The van der Waals surface area contributed by atoms with Crippen LogP contribution in [0.5, 0.6) is 0 Å². The molecule has 0 unspecified atom stereocenters. The Kier molecular flexibility index (Phi) is 4.61. The van der Waals surface area contributed by atoms with Gasteiger partial charge in [0.15, 0.2) is 0 Å². The monoisotopic (exact) mass is 319 g/mol. The molecule has 2 nitrogen and oxygen atoms in total. The molecule has 3 heteroatoms. The number of anilines is 1. The van der Waals surface area contributed by atoms with Crippen LogP contribution in [0.2, 0.25) is 0 Å². The number of nitrogens with zero attached hydrogens (tertiary/aromatic N) is 1. The van der Waals surface area contributed by atoms with Crippen LogP contribution in [0.3, 0.4) is 0 Å². The summed E-state index contributed by atoms with van der Waals surface area (Å²) in [5, 5.41) is 9.83. The molecule has 0 spiro atoms. The van der Waals surface area contributed by atoms with Gasteiger partial charge >= 0.3 is 0 Å². The van der Waals surface area contributed by atoms with Crippen LogP contribution < -0.4 is 4.90 Å². The van der Waals surface area contributed by atoms with Crippen LogP contribution >= 0.6 is 15.9 Å². The van der Waals surface area contributed by atoms with Crippen LogP contribution in [0.25, 0.3) is 0 Å². The molecule has 0 amide bonds. The zero-order chi connectivity index (χ0) is 13.8. The molecule has 0 aliphatic heterocycles. The SMILES string of the molecule is C[C@@H](O)c1ccccc1N(C)Cc1cccc(Br)c1. The normalized spacial score (nSPS) is 12.2. The highest BCUT2D eigenvalue weighted by atomic mass is 79.9. The van der Waals surface area contributed by atoms with Crippen LogP contribution in [0.1, 0.15) is 24.2 Å². The third-order valence-electron chi connectivity index (χ3n) is 3.11. The van der Waals surface area contributed by atoms with Gasteiger partial charge in [0.1, 0.15) is 0 Å². The summed E-state index contributed by atoms with van der Waals surface area (Å²) >= 11 is 3.49. The number of hydrogen-bond donors (Lipinski definition) is 1. The second-order valence-electron chi connectivity index (χ2n) is 4.72. The fraction of sp³-hybridized carbons (Fsp3) is 0.250. The van der Waals surface area contributed by atoms with E-state index in [1.54, 1.807) is 6.92 Å². The molecule has 19 heavy (non-hydrogen) atoms. The van der Waals surface area contributed by atoms with Gasteiger partial charge < -0.3 is 10.0 Å². The minimum Gasteiger partial charge on any atom is -0.389 e. The number of aliphatic hydroxyl groups is 1. The first-order chi connectivity index (χ1) is 9.08. The van der Waals surface area contributed by atoms with Crippen molar-refractivity contribution in [2.24, 2.45) is 0 Å². The molecule has 0 aromatic heterocycles. The fourth-order valence-electron chi connectivity index (χ4n) is 2.18. The van der Waals surface area contributed by atoms with Gasteiger partial charge in [0, 0.05) is 29.3 Å². The maximum Gasteiger partial charge on any atom is 0.0781 e. The van der Waals surface area contributed by atoms with Gasteiger partial charge in [0.05, 0.1) is 6.10 Å². The number of aliphatic hydroxyl groups excluding tert-OH is 1. The largest absolute Gasteiger partial charge is 0.389 e. The second-order valence-corrected chi connectivity index (χ2v) is 5.64. The average molecular weight is 320 g/mol. The first-order valence-electron chi connectivity index (χ1n) is 6.30. The van der Waals surface area contributed by atoms with Gasteiger partial charge in [-0.15, -0.1) is 0 Å². The minimum absolute atomic E-state index is 0.457. The quantitative estimate of drug-likeness (QED) is 0.915. The Hall–Kier alpha value is -1.32. The molecule has 0 fully saturated rings. The molecule has 1 atom stereocenters. The molecular weight excluding hydrogens is 302 g/mol. The molecule has 0 aliphatic rings. The smallest absolute Gasteiger partial charge is 0.0781 e. The lowest BCUT2D eigenvalue weighted by Crippen LogP contribution is -2.18. The van der Waals surface area contributed by atoms with Crippen molar-refractivity contribution in [1.82, 2.24) is 0 Å². The van der Waals surface area contributed by atoms with E-state index in [1.807, 2.05) is 43.4 Å². The standard InChI is InChI=1S/C16H18BrNO/c1-12(19)15-8-3-4-9-16(15)18(2)11-13-6-5-7-14(17)10-13/h3-10,12,19H,11H2,1-2H3/t12-/m1/s1. The lowest BCUT2D eigenvalue weighted by atomic mass is 10.1. The number of para-hydroxylation sites is 1. The van der Waals surface area contributed by atoms with Gasteiger partial charge in [0.25, 0.3) is 0 Å². The Morgan fingerprint density at radius 2 is 1.89 bits per heavy atom. The summed E-state index contributed by atoms with van der Waals surface area (Å²) in [5.74, 6) is 0. The highest BCUT2D eigenvalue weighted by Crippen LogP contribution is 2.26. The molecule has 1 N–H and O–H groups in total. The molecule has 0 heterocycles. The van der Waals surface area contributed by atoms with E-state index >= 15 is 0 Å². The summed E-state index contributed by atoms with van der Waals surface area (Å²) in [6, 6.07) is 16.2. The van der Waals surface area contributed by atoms with E-state index < -0.39 is 6.10 Å². The van der Waals surface area contributed by atoms with Crippen molar-refractivity contribution in [1.29, 1.82) is 0 Å². The Labute approximate surface area is 122 Å². The van der Waals surface area contributed by atoms with Crippen molar-refractivity contribution in [3.63, 3.8) is 0 Å². The van der Waals surface area contributed by atoms with Crippen molar-refractivity contribution < 1.29 is 5.11 Å². The first kappa shape index (κ1) is 14.1. The lowest BCUT2D eigenvalue weighted by molar-refractivity contribution is 0.199.